The molecule has 0 aliphatic heterocycles. The summed E-state index contributed by atoms with van der Waals surface area (Å²) >= 11 is 0. The predicted octanol–water partition coefficient (Wildman–Crippen LogP) is 10.5. The zero-order valence-corrected chi connectivity index (χ0v) is 24.6. The van der Waals surface area contributed by atoms with Gasteiger partial charge in [-0.3, -0.25) is 4.74 Å². The number of hydrogen-bond donors (Lipinski definition) is 0. The molecule has 0 spiro atoms. The van der Waals surface area contributed by atoms with Gasteiger partial charge in [0.1, 0.15) is 0 Å². The molecule has 0 N–H and O–H groups in total. The number of benzene rings is 1. The van der Waals surface area contributed by atoms with E-state index in [4.69, 9.17) is 4.74 Å². The Morgan fingerprint density at radius 3 is 1.79 bits per heavy atom. The van der Waals surface area contributed by atoms with Crippen molar-refractivity contribution in [1.82, 2.24) is 0 Å². The van der Waals surface area contributed by atoms with Crippen molar-refractivity contribution in [3.8, 4) is 0 Å². The van der Waals surface area contributed by atoms with Gasteiger partial charge in [0.15, 0.2) is 0 Å². The summed E-state index contributed by atoms with van der Waals surface area (Å²) in [7, 11) is -1.35. The molecule has 1 aromatic carbocycles. The van der Waals surface area contributed by atoms with Gasteiger partial charge in [-0.2, -0.15) is 0 Å². The Labute approximate surface area is 220 Å². The van der Waals surface area contributed by atoms with E-state index in [-0.39, 0.29) is 21.7 Å². The molecule has 3 unspecified atom stereocenters. The van der Waals surface area contributed by atoms with Gasteiger partial charge < -0.3 is 0 Å². The molecule has 0 heterocycles. The van der Waals surface area contributed by atoms with Gasteiger partial charge in [-0.1, -0.05) is 123 Å². The molecule has 3 heteroatoms. The molecule has 3 atom stereocenters. The van der Waals surface area contributed by atoms with Crippen LogP contribution in [0.1, 0.15) is 92.1 Å². The molecule has 0 amide bonds. The van der Waals surface area contributed by atoms with E-state index in [1.807, 2.05) is 30.3 Å². The maximum absolute atomic E-state index is 5.57. The molecule has 0 bridgehead atoms. The minimum Gasteiger partial charge on any atom is -0.271 e. The summed E-state index contributed by atoms with van der Waals surface area (Å²) in [6, 6.07) is 10.0. The van der Waals surface area contributed by atoms with Crippen LogP contribution in [0.4, 0.5) is 0 Å². The first-order chi connectivity index (χ1) is 15.4. The molecule has 1 aliphatic carbocycles. The summed E-state index contributed by atoms with van der Waals surface area (Å²) in [6.45, 7) is 22.0. The normalized spacial score (nSPS) is 16.7. The summed E-state index contributed by atoms with van der Waals surface area (Å²) in [6.07, 6.45) is 17.4. The fraction of sp³-hybridized carbons (Fsp3) is 0.533. The average Bonchev–Trinajstić information content (AvgIpc) is 3.31. The summed E-state index contributed by atoms with van der Waals surface area (Å²) in [5.74, 6) is 0. The van der Waals surface area contributed by atoms with Crippen molar-refractivity contribution in [2.75, 3.05) is 0 Å². The van der Waals surface area contributed by atoms with Crippen molar-refractivity contribution in [3.05, 3.63) is 79.1 Å². The second-order valence-electron chi connectivity index (χ2n) is 9.19. The van der Waals surface area contributed by atoms with E-state index in [1.54, 1.807) is 6.08 Å². The smallest absolute Gasteiger partial charge is 0.0425 e. The maximum Gasteiger partial charge on any atom is 0.0425 e. The topological polar surface area (TPSA) is 12.4 Å². The maximum atomic E-state index is 5.57. The van der Waals surface area contributed by atoms with Gasteiger partial charge in [-0.05, 0) is 60.5 Å². The minimum absolute atomic E-state index is 0. The van der Waals surface area contributed by atoms with E-state index in [0.29, 0.717) is 0 Å². The first-order valence-corrected chi connectivity index (χ1v) is 14.7. The molecule has 0 saturated carbocycles. The minimum atomic E-state index is -1.35. The molecule has 182 valence electrons. The van der Waals surface area contributed by atoms with Gasteiger partial charge in [0.05, 0.1) is 0 Å². The van der Waals surface area contributed by atoms with Gasteiger partial charge in [-0.25, -0.2) is 0 Å². The summed E-state index contributed by atoms with van der Waals surface area (Å²) < 4.78 is 5.57. The molecule has 0 saturated heterocycles. The van der Waals surface area contributed by atoms with E-state index in [2.05, 4.69) is 72.9 Å². The van der Waals surface area contributed by atoms with Crippen molar-refractivity contribution < 1.29 is 21.7 Å². The van der Waals surface area contributed by atoms with Crippen molar-refractivity contribution >= 4 is 12.6 Å². The van der Waals surface area contributed by atoms with E-state index in [9.17, 15) is 0 Å². The van der Waals surface area contributed by atoms with Crippen LogP contribution >= 0.6 is 7.05 Å². The van der Waals surface area contributed by atoms with Crippen LogP contribution in [-0.2, 0) is 21.7 Å². The molecule has 1 nitrogen and oxygen atoms in total. The molecule has 1 aliphatic rings. The Hall–Kier alpha value is -0.876. The standard InChI is InChI=1S/C20H38NP.C10H10.Ti/c1-7-12-17(4)22(18(5)13-8-2,19(6)14-9-3)21-20-15-10-11-16-20;1-3-9(2)10-7-5-4-6-8-10;/h10-11,15,17-19H,7-9,12-14,16H2,1-6H3;3-8H,1-2H2;. The molecular weight excluding hydrogens is 453 g/mol. The van der Waals surface area contributed by atoms with Crippen molar-refractivity contribution in [2.24, 2.45) is 4.74 Å². The Bertz CT molecular complexity index is 768. The Kier molecular flexibility index (Phi) is 17.1. The van der Waals surface area contributed by atoms with E-state index >= 15 is 0 Å². The van der Waals surface area contributed by atoms with Crippen LogP contribution in [0.15, 0.2) is 78.2 Å². The summed E-state index contributed by atoms with van der Waals surface area (Å²) in [5.41, 5.74) is 5.76. The first-order valence-electron chi connectivity index (χ1n) is 12.7. The zero-order chi connectivity index (χ0) is 24.0. The first kappa shape index (κ1) is 32.1. The number of hydrogen-bond acceptors (Lipinski definition) is 1. The molecule has 33 heavy (non-hydrogen) atoms. The molecular formula is C30H48NPTi. The largest absolute Gasteiger partial charge is 0.271 e. The van der Waals surface area contributed by atoms with Gasteiger partial charge in [-0.15, -0.1) is 0 Å². The Balaban J connectivity index is 0.000000779. The van der Waals surface area contributed by atoms with E-state index < -0.39 is 7.05 Å². The zero-order valence-electron chi connectivity index (χ0n) is 22.2. The van der Waals surface area contributed by atoms with E-state index in [0.717, 1.165) is 34.5 Å². The quantitative estimate of drug-likeness (QED) is 0.153. The van der Waals surface area contributed by atoms with Crippen molar-refractivity contribution in [3.63, 3.8) is 0 Å². The SMILES string of the molecule is C=CC(=C)c1ccccc1.CCCC(C)P(=NC1=CC=CC1)(C(C)CCC)C(C)CCC.[Ti]. The van der Waals surface area contributed by atoms with Gasteiger partial charge in [0.25, 0.3) is 0 Å². The van der Waals surface area contributed by atoms with Crippen LogP contribution in [0, 0.1) is 0 Å². The van der Waals surface area contributed by atoms with Gasteiger partial charge >= 0.3 is 0 Å². The van der Waals surface area contributed by atoms with Crippen LogP contribution in [0.25, 0.3) is 5.57 Å². The van der Waals surface area contributed by atoms with E-state index in [1.165, 1.54) is 44.2 Å². The Morgan fingerprint density at radius 2 is 1.42 bits per heavy atom. The molecule has 0 aromatic heterocycles. The van der Waals surface area contributed by atoms with Crippen LogP contribution in [-0.4, -0.2) is 17.0 Å². The monoisotopic (exact) mass is 501 g/mol. The molecule has 1 aromatic rings. The number of nitrogens with zero attached hydrogens (tertiary/aromatic N) is 1. The fourth-order valence-electron chi connectivity index (χ4n) is 4.98. The number of rotatable bonds is 12. The third-order valence-corrected chi connectivity index (χ3v) is 12.3. The second-order valence-corrected chi connectivity index (χ2v) is 13.6. The third-order valence-electron chi connectivity index (χ3n) is 6.68. The van der Waals surface area contributed by atoms with Gasteiger partial charge in [0, 0.05) is 33.8 Å². The fourth-order valence-corrected chi connectivity index (χ4v) is 10.8. The Morgan fingerprint density at radius 1 is 0.939 bits per heavy atom. The average molecular weight is 502 g/mol. The predicted molar refractivity (Wildman–Crippen MR) is 150 cm³/mol. The molecule has 0 fully saturated rings. The molecule has 0 radical (unpaired) electrons. The summed E-state index contributed by atoms with van der Waals surface area (Å²) in [5, 5.41) is 0. The van der Waals surface area contributed by atoms with Gasteiger partial charge in [0.2, 0.25) is 0 Å². The van der Waals surface area contributed by atoms with Crippen LogP contribution in [0.2, 0.25) is 0 Å². The van der Waals surface area contributed by atoms with Crippen LogP contribution < -0.4 is 0 Å². The van der Waals surface area contributed by atoms with Crippen LogP contribution in [0.5, 0.6) is 0 Å². The van der Waals surface area contributed by atoms with Crippen molar-refractivity contribution in [2.45, 2.75) is 103 Å². The summed E-state index contributed by atoms with van der Waals surface area (Å²) in [4.78, 5) is 0. The number of allylic oxidation sites excluding steroid dienone is 5. The second kappa shape index (κ2) is 17.5. The van der Waals surface area contributed by atoms with Crippen LogP contribution in [0.3, 0.4) is 0 Å². The van der Waals surface area contributed by atoms with Crippen molar-refractivity contribution in [1.29, 1.82) is 0 Å². The third kappa shape index (κ3) is 9.72. The molecule has 2 rings (SSSR count).